The van der Waals surface area contributed by atoms with Crippen LogP contribution in [0.25, 0.3) is 0 Å². The van der Waals surface area contributed by atoms with E-state index in [4.69, 9.17) is 5.73 Å². The molecule has 1 rings (SSSR count). The van der Waals surface area contributed by atoms with Gasteiger partial charge in [0, 0.05) is 32.8 Å². The summed E-state index contributed by atoms with van der Waals surface area (Å²) in [6, 6.07) is 3.54. The summed E-state index contributed by atoms with van der Waals surface area (Å²) in [5.41, 5.74) is 6.45. The van der Waals surface area contributed by atoms with Crippen LogP contribution in [0.2, 0.25) is 0 Å². The first-order valence-electron chi connectivity index (χ1n) is 5.72. The number of rotatable bonds is 5. The monoisotopic (exact) mass is 236 g/mol. The molecule has 0 fully saturated rings. The van der Waals surface area contributed by atoms with Crippen LogP contribution in [-0.2, 0) is 4.79 Å². The zero-order valence-corrected chi connectivity index (χ0v) is 10.6. The number of hydrogen-bond acceptors (Lipinski definition) is 4. The van der Waals surface area contributed by atoms with Crippen molar-refractivity contribution in [2.45, 2.75) is 25.8 Å². The van der Waals surface area contributed by atoms with Crippen LogP contribution in [0.3, 0.4) is 0 Å². The molecule has 17 heavy (non-hydrogen) atoms. The number of amides is 1. The van der Waals surface area contributed by atoms with Crippen LogP contribution >= 0.6 is 0 Å². The molecule has 1 amide bonds. The highest BCUT2D eigenvalue weighted by atomic mass is 16.1. The van der Waals surface area contributed by atoms with Crippen molar-refractivity contribution in [3.63, 3.8) is 0 Å². The number of nitrogens with two attached hydrogens (primary N) is 1. The van der Waals surface area contributed by atoms with E-state index in [0.717, 1.165) is 12.2 Å². The van der Waals surface area contributed by atoms with Gasteiger partial charge in [-0.15, -0.1) is 0 Å². The molecule has 5 heteroatoms. The lowest BCUT2D eigenvalue weighted by Crippen LogP contribution is -2.27. The van der Waals surface area contributed by atoms with E-state index in [-0.39, 0.29) is 11.9 Å². The first kappa shape index (κ1) is 13.4. The molecule has 1 atom stereocenters. The van der Waals surface area contributed by atoms with E-state index in [9.17, 15) is 4.79 Å². The first-order valence-corrected chi connectivity index (χ1v) is 5.72. The topological polar surface area (TPSA) is 71.2 Å². The zero-order chi connectivity index (χ0) is 12.8. The van der Waals surface area contributed by atoms with Gasteiger partial charge in [-0.3, -0.25) is 4.79 Å². The zero-order valence-electron chi connectivity index (χ0n) is 10.6. The second kappa shape index (κ2) is 6.20. The lowest BCUT2D eigenvalue weighted by atomic mass is 10.1. The first-order chi connectivity index (χ1) is 8.04. The average molecular weight is 236 g/mol. The predicted molar refractivity (Wildman–Crippen MR) is 70.1 cm³/mol. The Morgan fingerprint density at radius 2 is 2.29 bits per heavy atom. The number of aromatic nitrogens is 1. The molecule has 1 aromatic heterocycles. The summed E-state index contributed by atoms with van der Waals surface area (Å²) in [6.45, 7) is 1.97. The fourth-order valence-electron chi connectivity index (χ4n) is 1.43. The maximum absolute atomic E-state index is 11.7. The third kappa shape index (κ3) is 4.03. The Labute approximate surface area is 102 Å². The van der Waals surface area contributed by atoms with Crippen molar-refractivity contribution >= 4 is 17.4 Å². The third-order valence-electron chi connectivity index (χ3n) is 2.46. The van der Waals surface area contributed by atoms with Crippen LogP contribution in [0, 0.1) is 0 Å². The molecular formula is C12H20N4O. The minimum absolute atomic E-state index is 0.0737. The van der Waals surface area contributed by atoms with Crippen LogP contribution < -0.4 is 16.0 Å². The molecule has 0 bridgehead atoms. The Hall–Kier alpha value is -1.62. The normalized spacial score (nSPS) is 12.0. The summed E-state index contributed by atoms with van der Waals surface area (Å²) in [5.74, 6) is 0.668. The van der Waals surface area contributed by atoms with Gasteiger partial charge in [0.15, 0.2) is 5.82 Å². The Morgan fingerprint density at radius 3 is 2.88 bits per heavy atom. The molecule has 0 saturated heterocycles. The van der Waals surface area contributed by atoms with Crippen molar-refractivity contribution in [3.05, 3.63) is 18.3 Å². The minimum atomic E-state index is -0.0884. The Balaban J connectivity index is 2.71. The smallest absolute Gasteiger partial charge is 0.226 e. The molecule has 94 valence electrons. The van der Waals surface area contributed by atoms with Crippen molar-refractivity contribution in [2.24, 2.45) is 5.73 Å². The number of carbonyl (C=O) groups excluding carboxylic acids is 1. The van der Waals surface area contributed by atoms with E-state index < -0.39 is 0 Å². The fourth-order valence-corrected chi connectivity index (χ4v) is 1.43. The maximum Gasteiger partial charge on any atom is 0.226 e. The van der Waals surface area contributed by atoms with E-state index in [1.165, 1.54) is 0 Å². The van der Waals surface area contributed by atoms with Crippen LogP contribution in [0.1, 0.15) is 19.8 Å². The summed E-state index contributed by atoms with van der Waals surface area (Å²) >= 11 is 0. The van der Waals surface area contributed by atoms with Gasteiger partial charge in [-0.2, -0.15) is 0 Å². The number of hydrogen-bond donors (Lipinski definition) is 2. The number of nitrogens with zero attached hydrogens (tertiary/aromatic N) is 2. The van der Waals surface area contributed by atoms with Crippen LogP contribution in [0.5, 0.6) is 0 Å². The van der Waals surface area contributed by atoms with Crippen LogP contribution in [-0.4, -0.2) is 31.0 Å². The lowest BCUT2D eigenvalue weighted by molar-refractivity contribution is -0.116. The SMILES string of the molecule is CCC(N)CC(=O)Nc1cccnc1N(C)C. The molecule has 0 spiro atoms. The Bertz CT molecular complexity index is 379. The minimum Gasteiger partial charge on any atom is -0.361 e. The number of pyridine rings is 1. The van der Waals surface area contributed by atoms with Crippen molar-refractivity contribution < 1.29 is 4.79 Å². The van der Waals surface area contributed by atoms with Crippen molar-refractivity contribution in [2.75, 3.05) is 24.3 Å². The summed E-state index contributed by atoms with van der Waals surface area (Å²) < 4.78 is 0. The molecule has 0 aliphatic rings. The quantitative estimate of drug-likeness (QED) is 0.806. The molecule has 0 aliphatic heterocycles. The Kier molecular flexibility index (Phi) is 4.90. The van der Waals surface area contributed by atoms with Crippen LogP contribution in [0.15, 0.2) is 18.3 Å². The van der Waals surface area contributed by atoms with Gasteiger partial charge in [-0.1, -0.05) is 6.92 Å². The van der Waals surface area contributed by atoms with Crippen LogP contribution in [0.4, 0.5) is 11.5 Å². The van der Waals surface area contributed by atoms with Gasteiger partial charge in [0.1, 0.15) is 0 Å². The molecule has 3 N–H and O–H groups in total. The highest BCUT2D eigenvalue weighted by Crippen LogP contribution is 2.20. The molecule has 1 heterocycles. The maximum atomic E-state index is 11.7. The van der Waals surface area contributed by atoms with Crippen molar-refractivity contribution in [1.82, 2.24) is 4.98 Å². The van der Waals surface area contributed by atoms with Gasteiger partial charge in [0.25, 0.3) is 0 Å². The van der Waals surface area contributed by atoms with E-state index in [0.29, 0.717) is 12.1 Å². The number of anilines is 2. The summed E-state index contributed by atoms with van der Waals surface area (Å²) in [5, 5.41) is 2.83. The van der Waals surface area contributed by atoms with E-state index in [2.05, 4.69) is 10.3 Å². The average Bonchev–Trinajstić information content (AvgIpc) is 2.29. The van der Waals surface area contributed by atoms with Gasteiger partial charge in [-0.05, 0) is 18.6 Å². The fraction of sp³-hybridized carbons (Fsp3) is 0.500. The molecule has 5 nitrogen and oxygen atoms in total. The van der Waals surface area contributed by atoms with Crippen molar-refractivity contribution in [3.8, 4) is 0 Å². The second-order valence-electron chi connectivity index (χ2n) is 4.19. The van der Waals surface area contributed by atoms with Gasteiger partial charge >= 0.3 is 0 Å². The Morgan fingerprint density at radius 1 is 1.59 bits per heavy atom. The van der Waals surface area contributed by atoms with Gasteiger partial charge in [-0.25, -0.2) is 4.98 Å². The predicted octanol–water partition coefficient (Wildman–Crippen LogP) is 1.21. The molecule has 0 aliphatic carbocycles. The summed E-state index contributed by atoms with van der Waals surface area (Å²) in [4.78, 5) is 17.8. The highest BCUT2D eigenvalue weighted by molar-refractivity contribution is 5.93. The second-order valence-corrected chi connectivity index (χ2v) is 4.19. The number of nitrogens with one attached hydrogen (secondary N) is 1. The molecule has 0 radical (unpaired) electrons. The van der Waals surface area contributed by atoms with E-state index >= 15 is 0 Å². The molecule has 1 aromatic rings. The highest BCUT2D eigenvalue weighted by Gasteiger charge is 2.11. The summed E-state index contributed by atoms with van der Waals surface area (Å²) in [7, 11) is 3.77. The van der Waals surface area contributed by atoms with Gasteiger partial charge in [0.05, 0.1) is 5.69 Å². The number of carbonyl (C=O) groups is 1. The third-order valence-corrected chi connectivity index (χ3v) is 2.46. The molecule has 1 unspecified atom stereocenters. The van der Waals surface area contributed by atoms with Gasteiger partial charge < -0.3 is 16.0 Å². The molecule has 0 aromatic carbocycles. The standard InChI is InChI=1S/C12H20N4O/c1-4-9(13)8-11(17)15-10-6-5-7-14-12(10)16(2)3/h5-7,9H,4,8,13H2,1-3H3,(H,15,17). The van der Waals surface area contributed by atoms with E-state index in [1.54, 1.807) is 12.3 Å². The lowest BCUT2D eigenvalue weighted by Gasteiger charge is -2.16. The van der Waals surface area contributed by atoms with Crippen molar-refractivity contribution in [1.29, 1.82) is 0 Å². The van der Waals surface area contributed by atoms with E-state index in [1.807, 2.05) is 32.0 Å². The molecular weight excluding hydrogens is 216 g/mol. The van der Waals surface area contributed by atoms with Gasteiger partial charge in [0.2, 0.25) is 5.91 Å². The largest absolute Gasteiger partial charge is 0.361 e. The molecule has 0 saturated carbocycles. The summed E-state index contributed by atoms with van der Waals surface area (Å²) in [6.07, 6.45) is 2.82.